The van der Waals surface area contributed by atoms with Crippen molar-refractivity contribution in [2.75, 3.05) is 0 Å². The lowest BCUT2D eigenvalue weighted by atomic mass is 10.3. The van der Waals surface area contributed by atoms with E-state index in [1.807, 2.05) is 0 Å². The van der Waals surface area contributed by atoms with Crippen molar-refractivity contribution in [3.05, 3.63) is 40.8 Å². The molecule has 2 rings (SSSR count). The van der Waals surface area contributed by atoms with Gasteiger partial charge in [-0.15, -0.1) is 0 Å². The zero-order valence-electron chi connectivity index (χ0n) is 6.07. The van der Waals surface area contributed by atoms with Gasteiger partial charge in [-0.2, -0.15) is 0 Å². The van der Waals surface area contributed by atoms with E-state index >= 15 is 0 Å². The van der Waals surface area contributed by atoms with Crippen LogP contribution in [0, 0.1) is 0 Å². The maximum absolute atomic E-state index is 11.2. The molecule has 12 heavy (non-hydrogen) atoms. The molecule has 0 unspecified atom stereocenters. The van der Waals surface area contributed by atoms with Crippen molar-refractivity contribution < 1.29 is 0 Å². The number of halogens is 1. The van der Waals surface area contributed by atoms with Crippen LogP contribution in [0.3, 0.4) is 0 Å². The summed E-state index contributed by atoms with van der Waals surface area (Å²) in [4.78, 5) is 15.2. The molecule has 3 nitrogen and oxygen atoms in total. The summed E-state index contributed by atoms with van der Waals surface area (Å²) in [6.45, 7) is 0. The molecule has 0 saturated heterocycles. The van der Waals surface area contributed by atoms with E-state index in [0.29, 0.717) is 11.0 Å². The number of fused-ring (bicyclic) bond motifs is 1. The molecule has 0 spiro atoms. The molecule has 4 heteroatoms. The van der Waals surface area contributed by atoms with Crippen LogP contribution in [0.5, 0.6) is 0 Å². The van der Waals surface area contributed by atoms with Gasteiger partial charge in [0.05, 0.1) is 5.39 Å². The highest BCUT2D eigenvalue weighted by Gasteiger charge is 1.99. The topological polar surface area (TPSA) is 34.9 Å². The van der Waals surface area contributed by atoms with Gasteiger partial charge in [-0.25, -0.2) is 9.07 Å². The third-order valence-electron chi connectivity index (χ3n) is 1.61. The molecule has 0 radical (unpaired) electrons. The van der Waals surface area contributed by atoms with Crippen molar-refractivity contribution in [2.24, 2.45) is 0 Å². The number of pyridine rings is 2. The highest BCUT2D eigenvalue weighted by molar-refractivity contribution is 6.18. The fourth-order valence-electron chi connectivity index (χ4n) is 1.05. The second-order valence-corrected chi connectivity index (χ2v) is 2.73. The highest BCUT2D eigenvalue weighted by Crippen LogP contribution is 2.06. The molecule has 60 valence electrons. The van der Waals surface area contributed by atoms with Crippen molar-refractivity contribution in [3.63, 3.8) is 0 Å². The van der Waals surface area contributed by atoms with Gasteiger partial charge in [0.25, 0.3) is 0 Å². The fraction of sp³-hybridized carbons (Fsp3) is 0. The van der Waals surface area contributed by atoms with Crippen molar-refractivity contribution >= 4 is 22.8 Å². The first-order valence-electron chi connectivity index (χ1n) is 3.41. The van der Waals surface area contributed by atoms with E-state index in [-0.39, 0.29) is 5.43 Å². The maximum Gasteiger partial charge on any atom is 0.191 e. The van der Waals surface area contributed by atoms with Gasteiger partial charge < -0.3 is 0 Å². The number of hydrogen-bond donors (Lipinski definition) is 0. The Morgan fingerprint density at radius 1 is 1.42 bits per heavy atom. The summed E-state index contributed by atoms with van der Waals surface area (Å²) in [5.74, 6) is 0. The van der Waals surface area contributed by atoms with E-state index in [2.05, 4.69) is 4.98 Å². The molecule has 0 amide bonds. The Hall–Kier alpha value is -1.35. The summed E-state index contributed by atoms with van der Waals surface area (Å²) < 4.78 is 1.30. The normalized spacial score (nSPS) is 10.4. The van der Waals surface area contributed by atoms with E-state index in [9.17, 15) is 4.79 Å². The van der Waals surface area contributed by atoms with E-state index in [0.717, 1.165) is 0 Å². The Bertz CT molecular complexity index is 478. The van der Waals surface area contributed by atoms with Gasteiger partial charge in [0.1, 0.15) is 0 Å². The van der Waals surface area contributed by atoms with Crippen LogP contribution in [-0.4, -0.2) is 9.07 Å². The minimum atomic E-state index is -0.0602. The lowest BCUT2D eigenvalue weighted by Crippen LogP contribution is -2.03. The third kappa shape index (κ3) is 0.987. The summed E-state index contributed by atoms with van der Waals surface area (Å²) in [6.07, 6.45) is 3.08. The van der Waals surface area contributed by atoms with E-state index in [1.165, 1.54) is 16.3 Å². The summed E-state index contributed by atoms with van der Waals surface area (Å²) in [7, 11) is 0. The van der Waals surface area contributed by atoms with Crippen molar-refractivity contribution in [1.29, 1.82) is 0 Å². The average Bonchev–Trinajstić information content (AvgIpc) is 2.12. The summed E-state index contributed by atoms with van der Waals surface area (Å²) in [6, 6.07) is 4.82. The minimum Gasteiger partial charge on any atom is -0.289 e. The molecular weight excluding hydrogens is 176 g/mol. The van der Waals surface area contributed by atoms with Crippen molar-refractivity contribution in [2.45, 2.75) is 0 Å². The first-order valence-corrected chi connectivity index (χ1v) is 3.75. The van der Waals surface area contributed by atoms with E-state index in [1.54, 1.807) is 18.3 Å². The summed E-state index contributed by atoms with van der Waals surface area (Å²) >= 11 is 5.74. The van der Waals surface area contributed by atoms with Crippen LogP contribution in [-0.2, 0) is 0 Å². The maximum atomic E-state index is 11.2. The van der Waals surface area contributed by atoms with Gasteiger partial charge in [-0.3, -0.25) is 4.79 Å². The second-order valence-electron chi connectivity index (χ2n) is 2.37. The van der Waals surface area contributed by atoms with Gasteiger partial charge in [0.2, 0.25) is 0 Å². The molecule has 0 bridgehead atoms. The molecule has 0 aliphatic rings. The zero-order chi connectivity index (χ0) is 8.55. The van der Waals surface area contributed by atoms with Gasteiger partial charge >= 0.3 is 0 Å². The highest BCUT2D eigenvalue weighted by atomic mass is 35.5. The Morgan fingerprint density at radius 3 is 3.00 bits per heavy atom. The molecular formula is C8H5ClN2O. The van der Waals surface area contributed by atoms with Crippen molar-refractivity contribution in [3.8, 4) is 0 Å². The predicted octanol–water partition coefficient (Wildman–Crippen LogP) is 1.40. The second kappa shape index (κ2) is 2.60. The molecule has 0 aliphatic heterocycles. The molecule has 2 heterocycles. The first-order chi connectivity index (χ1) is 5.79. The van der Waals surface area contributed by atoms with Crippen molar-refractivity contribution in [1.82, 2.24) is 9.07 Å². The van der Waals surface area contributed by atoms with Gasteiger partial charge in [0, 0.05) is 30.2 Å². The average molecular weight is 181 g/mol. The number of aromatic nitrogens is 2. The third-order valence-corrected chi connectivity index (χ3v) is 1.88. The predicted molar refractivity (Wildman–Crippen MR) is 47.3 cm³/mol. The summed E-state index contributed by atoms with van der Waals surface area (Å²) in [5, 5.41) is 0.537. The monoisotopic (exact) mass is 180 g/mol. The number of hydrogen-bond acceptors (Lipinski definition) is 2. The standard InChI is InChI=1S/C8H5ClN2O/c9-11-5-3-7(12)6-2-1-4-10-8(6)11/h1-5H. The molecule has 2 aromatic heterocycles. The lowest BCUT2D eigenvalue weighted by Gasteiger charge is -1.98. The Labute approximate surface area is 73.3 Å². The molecule has 0 fully saturated rings. The lowest BCUT2D eigenvalue weighted by molar-refractivity contribution is 1.20. The molecule has 0 N–H and O–H groups in total. The number of rotatable bonds is 0. The molecule has 0 aromatic carbocycles. The van der Waals surface area contributed by atoms with Crippen LogP contribution in [0.4, 0.5) is 0 Å². The smallest absolute Gasteiger partial charge is 0.191 e. The van der Waals surface area contributed by atoms with E-state index < -0.39 is 0 Å². The van der Waals surface area contributed by atoms with Gasteiger partial charge in [0.15, 0.2) is 11.1 Å². The van der Waals surface area contributed by atoms with Crippen LogP contribution >= 0.6 is 11.8 Å². The Balaban J connectivity index is 3.05. The van der Waals surface area contributed by atoms with Crippen LogP contribution in [0.1, 0.15) is 0 Å². The SMILES string of the molecule is O=c1ccn(Cl)c2ncccc12. The quantitative estimate of drug-likeness (QED) is 0.614. The van der Waals surface area contributed by atoms with Gasteiger partial charge in [-0.1, -0.05) is 0 Å². The van der Waals surface area contributed by atoms with Crippen LogP contribution < -0.4 is 5.43 Å². The van der Waals surface area contributed by atoms with Crippen LogP contribution in [0.25, 0.3) is 11.0 Å². The minimum absolute atomic E-state index is 0.0602. The molecule has 0 saturated carbocycles. The van der Waals surface area contributed by atoms with Crippen LogP contribution in [0.15, 0.2) is 35.4 Å². The molecule has 0 aliphatic carbocycles. The largest absolute Gasteiger partial charge is 0.289 e. The fourth-order valence-corrected chi connectivity index (χ4v) is 1.24. The molecule has 0 atom stereocenters. The summed E-state index contributed by atoms with van der Waals surface area (Å²) in [5.41, 5.74) is 0.432. The Kier molecular flexibility index (Phi) is 1.59. The first kappa shape index (κ1) is 7.31. The molecule has 2 aromatic rings. The van der Waals surface area contributed by atoms with Crippen LogP contribution in [0.2, 0.25) is 0 Å². The zero-order valence-corrected chi connectivity index (χ0v) is 6.82. The van der Waals surface area contributed by atoms with E-state index in [4.69, 9.17) is 11.8 Å². The number of nitrogens with zero attached hydrogens (tertiary/aromatic N) is 2. The Morgan fingerprint density at radius 2 is 2.25 bits per heavy atom. The van der Waals surface area contributed by atoms with Gasteiger partial charge in [-0.05, 0) is 12.1 Å².